The Bertz CT molecular complexity index is 810. The van der Waals surface area contributed by atoms with Crippen LogP contribution < -0.4 is 5.56 Å². The number of imidazole rings is 1. The summed E-state index contributed by atoms with van der Waals surface area (Å²) in [7, 11) is 0. The Kier molecular flexibility index (Phi) is 3.51. The van der Waals surface area contributed by atoms with E-state index in [1.54, 1.807) is 23.2 Å². The van der Waals surface area contributed by atoms with E-state index in [1.165, 1.54) is 18.5 Å². The fourth-order valence-electron chi connectivity index (χ4n) is 2.44. The van der Waals surface area contributed by atoms with Gasteiger partial charge in [0.05, 0.1) is 24.1 Å². The number of para-hydroxylation sites is 1. The normalized spacial score (nSPS) is 12.7. The highest BCUT2D eigenvalue weighted by Crippen LogP contribution is 2.15. The van der Waals surface area contributed by atoms with Crippen LogP contribution in [0.1, 0.15) is 19.4 Å². The zero-order valence-electron chi connectivity index (χ0n) is 11.6. The molecule has 6 heteroatoms. The minimum atomic E-state index is -0.473. The maximum Gasteiger partial charge on any atom is 0.261 e. The lowest BCUT2D eigenvalue weighted by atomic mass is 10.2. The van der Waals surface area contributed by atoms with E-state index in [2.05, 4.69) is 9.97 Å². The Balaban J connectivity index is 2.07. The van der Waals surface area contributed by atoms with Gasteiger partial charge in [-0.15, -0.1) is 0 Å². The minimum absolute atomic E-state index is 0.0492. The van der Waals surface area contributed by atoms with Crippen LogP contribution in [0.4, 0.5) is 4.39 Å². The lowest BCUT2D eigenvalue weighted by molar-refractivity contribution is 0.405. The van der Waals surface area contributed by atoms with Gasteiger partial charge in [-0.25, -0.2) is 14.4 Å². The Morgan fingerprint density at radius 1 is 1.33 bits per heavy atom. The van der Waals surface area contributed by atoms with E-state index in [4.69, 9.17) is 0 Å². The molecular weight excluding hydrogens is 271 g/mol. The molecule has 0 N–H and O–H groups in total. The number of aromatic nitrogens is 4. The molecule has 2 heterocycles. The van der Waals surface area contributed by atoms with Gasteiger partial charge >= 0.3 is 0 Å². The fraction of sp³-hybridized carbons (Fsp3) is 0.267. The number of rotatable bonds is 4. The second-order valence-electron chi connectivity index (χ2n) is 4.91. The lowest BCUT2D eigenvalue weighted by Gasteiger charge is -2.18. The van der Waals surface area contributed by atoms with Crippen molar-refractivity contribution in [1.29, 1.82) is 0 Å². The maximum absolute atomic E-state index is 13.7. The van der Waals surface area contributed by atoms with Crippen molar-refractivity contribution in [3.05, 3.63) is 59.4 Å². The highest BCUT2D eigenvalue weighted by molar-refractivity contribution is 5.77. The minimum Gasteiger partial charge on any atom is -0.335 e. The van der Waals surface area contributed by atoms with Crippen molar-refractivity contribution in [2.24, 2.45) is 0 Å². The number of fused-ring (bicyclic) bond motifs is 1. The van der Waals surface area contributed by atoms with Crippen LogP contribution in [0.25, 0.3) is 10.9 Å². The van der Waals surface area contributed by atoms with Gasteiger partial charge < -0.3 is 4.57 Å². The number of benzene rings is 1. The highest BCUT2D eigenvalue weighted by atomic mass is 19.1. The lowest BCUT2D eigenvalue weighted by Crippen LogP contribution is -2.27. The zero-order valence-corrected chi connectivity index (χ0v) is 11.6. The first kappa shape index (κ1) is 13.5. The van der Waals surface area contributed by atoms with E-state index in [0.717, 1.165) is 6.42 Å². The number of nitrogens with zero attached hydrogens (tertiary/aromatic N) is 4. The van der Waals surface area contributed by atoms with Crippen molar-refractivity contribution in [2.45, 2.75) is 25.9 Å². The molecule has 0 amide bonds. The van der Waals surface area contributed by atoms with Crippen LogP contribution in [-0.4, -0.2) is 19.1 Å². The fourth-order valence-corrected chi connectivity index (χ4v) is 2.44. The van der Waals surface area contributed by atoms with Crippen LogP contribution in [0.2, 0.25) is 0 Å². The van der Waals surface area contributed by atoms with E-state index in [-0.39, 0.29) is 17.1 Å². The molecule has 5 nitrogen and oxygen atoms in total. The highest BCUT2D eigenvalue weighted by Gasteiger charge is 2.14. The molecule has 0 saturated carbocycles. The van der Waals surface area contributed by atoms with Gasteiger partial charge in [0.1, 0.15) is 11.3 Å². The molecule has 0 aliphatic carbocycles. The van der Waals surface area contributed by atoms with E-state index >= 15 is 0 Å². The van der Waals surface area contributed by atoms with Crippen molar-refractivity contribution >= 4 is 10.9 Å². The van der Waals surface area contributed by atoms with Crippen molar-refractivity contribution in [3.8, 4) is 0 Å². The quantitative estimate of drug-likeness (QED) is 0.740. The Hall–Kier alpha value is -2.50. The van der Waals surface area contributed by atoms with E-state index < -0.39 is 5.82 Å². The summed E-state index contributed by atoms with van der Waals surface area (Å²) in [6.45, 7) is 2.63. The third-order valence-corrected chi connectivity index (χ3v) is 3.61. The molecule has 3 aromatic rings. The van der Waals surface area contributed by atoms with Gasteiger partial charge in [-0.2, -0.15) is 0 Å². The van der Waals surface area contributed by atoms with Crippen molar-refractivity contribution in [2.75, 3.05) is 0 Å². The largest absolute Gasteiger partial charge is 0.335 e. The molecule has 108 valence electrons. The molecule has 1 atom stereocenters. The van der Waals surface area contributed by atoms with Crippen LogP contribution in [0.5, 0.6) is 0 Å². The summed E-state index contributed by atoms with van der Waals surface area (Å²) in [6.07, 6.45) is 7.45. The average Bonchev–Trinajstić information content (AvgIpc) is 2.99. The van der Waals surface area contributed by atoms with Gasteiger partial charge in [-0.3, -0.25) is 9.36 Å². The SMILES string of the molecule is CC[C@@H](Cn1ccnc1)n1cnc2c(F)cccc2c1=O. The Morgan fingerprint density at radius 2 is 2.19 bits per heavy atom. The van der Waals surface area contributed by atoms with Crippen molar-refractivity contribution in [1.82, 2.24) is 19.1 Å². The predicted octanol–water partition coefficient (Wildman–Crippen LogP) is 2.38. The molecule has 0 radical (unpaired) electrons. The monoisotopic (exact) mass is 286 g/mol. The van der Waals surface area contributed by atoms with E-state index in [0.29, 0.717) is 11.9 Å². The molecule has 0 aliphatic rings. The molecule has 0 unspecified atom stereocenters. The molecule has 0 fully saturated rings. The first-order valence-electron chi connectivity index (χ1n) is 6.81. The first-order chi connectivity index (χ1) is 10.2. The third-order valence-electron chi connectivity index (χ3n) is 3.61. The standard InChI is InChI=1S/C15H15FN4O/c1-2-11(8-19-7-6-17-9-19)20-10-18-14-12(15(20)21)4-3-5-13(14)16/h3-7,9-11H,2,8H2,1H3/t11-/m0/s1. The summed E-state index contributed by atoms with van der Waals surface area (Å²) < 4.78 is 17.1. The van der Waals surface area contributed by atoms with Gasteiger partial charge in [0.25, 0.3) is 5.56 Å². The summed E-state index contributed by atoms with van der Waals surface area (Å²) in [5.74, 6) is -0.473. The summed E-state index contributed by atoms with van der Waals surface area (Å²) >= 11 is 0. The van der Waals surface area contributed by atoms with Crippen LogP contribution >= 0.6 is 0 Å². The molecule has 0 saturated heterocycles. The Morgan fingerprint density at radius 3 is 2.90 bits per heavy atom. The van der Waals surface area contributed by atoms with Crippen LogP contribution in [0.3, 0.4) is 0 Å². The predicted molar refractivity (Wildman–Crippen MR) is 77.5 cm³/mol. The second-order valence-corrected chi connectivity index (χ2v) is 4.91. The van der Waals surface area contributed by atoms with Crippen LogP contribution in [-0.2, 0) is 6.54 Å². The van der Waals surface area contributed by atoms with Gasteiger partial charge in [-0.1, -0.05) is 13.0 Å². The van der Waals surface area contributed by atoms with E-state index in [9.17, 15) is 9.18 Å². The molecular formula is C15H15FN4O. The van der Waals surface area contributed by atoms with Crippen molar-refractivity contribution in [3.63, 3.8) is 0 Å². The summed E-state index contributed by atoms with van der Waals surface area (Å²) in [6, 6.07) is 4.39. The number of halogens is 1. The molecule has 0 bridgehead atoms. The van der Waals surface area contributed by atoms with E-state index in [1.807, 2.05) is 17.7 Å². The van der Waals surface area contributed by atoms with Crippen LogP contribution in [0.15, 0.2) is 48.0 Å². The Labute approximate surface area is 120 Å². The van der Waals surface area contributed by atoms with Gasteiger partial charge in [-0.05, 0) is 18.6 Å². The summed E-state index contributed by atoms with van der Waals surface area (Å²) in [5.41, 5.74) is -0.0947. The maximum atomic E-state index is 13.7. The first-order valence-corrected chi connectivity index (χ1v) is 6.81. The zero-order chi connectivity index (χ0) is 14.8. The number of hydrogen-bond acceptors (Lipinski definition) is 3. The molecule has 21 heavy (non-hydrogen) atoms. The van der Waals surface area contributed by atoms with Gasteiger partial charge in [0.15, 0.2) is 0 Å². The molecule has 3 rings (SSSR count). The van der Waals surface area contributed by atoms with Gasteiger partial charge in [0.2, 0.25) is 0 Å². The molecule has 1 aromatic carbocycles. The number of hydrogen-bond donors (Lipinski definition) is 0. The van der Waals surface area contributed by atoms with Crippen LogP contribution in [0, 0.1) is 5.82 Å². The average molecular weight is 286 g/mol. The van der Waals surface area contributed by atoms with Crippen molar-refractivity contribution < 1.29 is 4.39 Å². The smallest absolute Gasteiger partial charge is 0.261 e. The topological polar surface area (TPSA) is 52.7 Å². The summed E-state index contributed by atoms with van der Waals surface area (Å²) in [4.78, 5) is 20.6. The molecule has 2 aromatic heterocycles. The van der Waals surface area contributed by atoms with Gasteiger partial charge in [0, 0.05) is 18.9 Å². The summed E-state index contributed by atoms with van der Waals surface area (Å²) in [5, 5.41) is 0.307. The molecule has 0 spiro atoms. The third kappa shape index (κ3) is 2.44. The molecule has 0 aliphatic heterocycles. The second kappa shape index (κ2) is 5.47.